The highest BCUT2D eigenvalue weighted by Crippen LogP contribution is 2.43. The fourth-order valence-corrected chi connectivity index (χ4v) is 2.70. The SMILES string of the molecule is CC1(CC(=O)O)CCc2c(Cl)cccc21. The second kappa shape index (κ2) is 3.53. The van der Waals surface area contributed by atoms with Gasteiger partial charge in [-0.3, -0.25) is 4.79 Å². The van der Waals surface area contributed by atoms with Gasteiger partial charge in [0.05, 0.1) is 6.42 Å². The van der Waals surface area contributed by atoms with E-state index in [-0.39, 0.29) is 11.8 Å². The van der Waals surface area contributed by atoms with Crippen LogP contribution in [-0.2, 0) is 16.6 Å². The van der Waals surface area contributed by atoms with Crippen molar-refractivity contribution in [3.8, 4) is 0 Å². The number of hydrogen-bond acceptors (Lipinski definition) is 1. The van der Waals surface area contributed by atoms with Gasteiger partial charge in [-0.05, 0) is 30.0 Å². The van der Waals surface area contributed by atoms with Gasteiger partial charge in [0.25, 0.3) is 0 Å². The van der Waals surface area contributed by atoms with Crippen LogP contribution in [0.2, 0.25) is 5.02 Å². The van der Waals surface area contributed by atoms with Crippen LogP contribution >= 0.6 is 11.6 Å². The minimum atomic E-state index is -0.745. The Kier molecular flexibility index (Phi) is 2.47. The molecule has 1 atom stereocenters. The van der Waals surface area contributed by atoms with E-state index in [0.29, 0.717) is 0 Å². The van der Waals surface area contributed by atoms with E-state index in [9.17, 15) is 4.79 Å². The molecule has 15 heavy (non-hydrogen) atoms. The van der Waals surface area contributed by atoms with Crippen molar-refractivity contribution < 1.29 is 9.90 Å². The molecular weight excluding hydrogens is 212 g/mol. The molecule has 1 N–H and O–H groups in total. The Balaban J connectivity index is 2.43. The summed E-state index contributed by atoms with van der Waals surface area (Å²) in [7, 11) is 0. The Morgan fingerprint density at radius 3 is 3.00 bits per heavy atom. The molecule has 1 aromatic carbocycles. The van der Waals surface area contributed by atoms with Gasteiger partial charge in [-0.25, -0.2) is 0 Å². The molecule has 0 spiro atoms. The molecule has 80 valence electrons. The molecule has 0 aromatic heterocycles. The van der Waals surface area contributed by atoms with E-state index >= 15 is 0 Å². The van der Waals surface area contributed by atoms with Crippen molar-refractivity contribution in [1.82, 2.24) is 0 Å². The molecule has 0 bridgehead atoms. The molecule has 2 rings (SSSR count). The van der Waals surface area contributed by atoms with Crippen LogP contribution in [0, 0.1) is 0 Å². The summed E-state index contributed by atoms with van der Waals surface area (Å²) in [6.45, 7) is 2.00. The van der Waals surface area contributed by atoms with Crippen molar-refractivity contribution in [2.45, 2.75) is 31.6 Å². The summed E-state index contributed by atoms with van der Waals surface area (Å²) >= 11 is 6.09. The number of fused-ring (bicyclic) bond motifs is 1. The molecule has 0 amide bonds. The molecule has 1 unspecified atom stereocenters. The van der Waals surface area contributed by atoms with Gasteiger partial charge in [-0.15, -0.1) is 0 Å². The molecule has 1 aromatic rings. The van der Waals surface area contributed by atoms with Gasteiger partial charge in [0.1, 0.15) is 0 Å². The highest BCUT2D eigenvalue weighted by atomic mass is 35.5. The minimum Gasteiger partial charge on any atom is -0.481 e. The van der Waals surface area contributed by atoms with Gasteiger partial charge in [0, 0.05) is 10.4 Å². The largest absolute Gasteiger partial charge is 0.481 e. The van der Waals surface area contributed by atoms with Gasteiger partial charge in [-0.2, -0.15) is 0 Å². The lowest BCUT2D eigenvalue weighted by molar-refractivity contribution is -0.138. The zero-order valence-electron chi connectivity index (χ0n) is 8.59. The fraction of sp³-hybridized carbons (Fsp3) is 0.417. The topological polar surface area (TPSA) is 37.3 Å². The van der Waals surface area contributed by atoms with Crippen molar-refractivity contribution in [3.63, 3.8) is 0 Å². The lowest BCUT2D eigenvalue weighted by Gasteiger charge is -2.23. The van der Waals surface area contributed by atoms with E-state index in [2.05, 4.69) is 0 Å². The lowest BCUT2D eigenvalue weighted by Crippen LogP contribution is -2.22. The minimum absolute atomic E-state index is 0.181. The summed E-state index contributed by atoms with van der Waals surface area (Å²) in [5.41, 5.74) is 1.99. The summed E-state index contributed by atoms with van der Waals surface area (Å²) in [6, 6.07) is 5.76. The molecular formula is C12H13ClO2. The van der Waals surface area contributed by atoms with Crippen LogP contribution in [0.5, 0.6) is 0 Å². The molecule has 0 radical (unpaired) electrons. The van der Waals surface area contributed by atoms with Crippen molar-refractivity contribution in [2.24, 2.45) is 0 Å². The summed E-state index contributed by atoms with van der Waals surface area (Å²) in [5, 5.41) is 9.67. The maximum atomic E-state index is 10.8. The normalized spacial score (nSPS) is 23.9. The molecule has 1 aliphatic rings. The maximum absolute atomic E-state index is 10.8. The van der Waals surface area contributed by atoms with Crippen LogP contribution in [0.3, 0.4) is 0 Å². The van der Waals surface area contributed by atoms with Crippen molar-refractivity contribution in [1.29, 1.82) is 0 Å². The number of halogens is 1. The summed E-state index contributed by atoms with van der Waals surface area (Å²) < 4.78 is 0. The first kappa shape index (κ1) is 10.5. The molecule has 2 nitrogen and oxygen atoms in total. The Morgan fingerprint density at radius 2 is 2.33 bits per heavy atom. The van der Waals surface area contributed by atoms with E-state index in [1.54, 1.807) is 0 Å². The Labute approximate surface area is 93.9 Å². The first-order chi connectivity index (χ1) is 7.03. The predicted molar refractivity (Wildman–Crippen MR) is 59.4 cm³/mol. The molecule has 0 heterocycles. The number of aliphatic carboxylic acids is 1. The number of carbonyl (C=O) groups is 1. The van der Waals surface area contributed by atoms with E-state index in [1.165, 1.54) is 0 Å². The van der Waals surface area contributed by atoms with Crippen LogP contribution in [0.4, 0.5) is 0 Å². The number of benzene rings is 1. The number of rotatable bonds is 2. The van der Waals surface area contributed by atoms with Gasteiger partial charge in [0.2, 0.25) is 0 Å². The van der Waals surface area contributed by atoms with Crippen molar-refractivity contribution >= 4 is 17.6 Å². The van der Waals surface area contributed by atoms with Gasteiger partial charge in [-0.1, -0.05) is 30.7 Å². The zero-order chi connectivity index (χ0) is 11.1. The smallest absolute Gasteiger partial charge is 0.304 e. The fourth-order valence-electron chi connectivity index (χ4n) is 2.43. The third-order valence-electron chi connectivity index (χ3n) is 3.24. The molecule has 0 aliphatic heterocycles. The first-order valence-electron chi connectivity index (χ1n) is 5.02. The number of carboxylic acids is 1. The molecule has 0 saturated heterocycles. The predicted octanol–water partition coefficient (Wildman–Crippen LogP) is 3.02. The van der Waals surface area contributed by atoms with Crippen LogP contribution in [0.15, 0.2) is 18.2 Å². The third-order valence-corrected chi connectivity index (χ3v) is 3.59. The highest BCUT2D eigenvalue weighted by Gasteiger charge is 2.36. The molecule has 3 heteroatoms. The average Bonchev–Trinajstić information content (AvgIpc) is 2.44. The van der Waals surface area contributed by atoms with Gasteiger partial charge >= 0.3 is 5.97 Å². The lowest BCUT2D eigenvalue weighted by atomic mass is 9.81. The summed E-state index contributed by atoms with van der Waals surface area (Å²) in [5.74, 6) is -0.745. The molecule has 0 fully saturated rings. The molecule has 1 aliphatic carbocycles. The van der Waals surface area contributed by atoms with Crippen LogP contribution < -0.4 is 0 Å². The van der Waals surface area contributed by atoms with E-state index in [4.69, 9.17) is 16.7 Å². The quantitative estimate of drug-likeness (QED) is 0.839. The number of hydrogen-bond donors (Lipinski definition) is 1. The van der Waals surface area contributed by atoms with Crippen LogP contribution in [-0.4, -0.2) is 11.1 Å². The summed E-state index contributed by atoms with van der Waals surface area (Å²) in [4.78, 5) is 10.8. The van der Waals surface area contributed by atoms with Crippen LogP contribution in [0.1, 0.15) is 30.9 Å². The second-order valence-electron chi connectivity index (χ2n) is 4.40. The Hall–Kier alpha value is -1.02. The second-order valence-corrected chi connectivity index (χ2v) is 4.80. The summed E-state index contributed by atoms with van der Waals surface area (Å²) in [6.07, 6.45) is 1.94. The van der Waals surface area contributed by atoms with Gasteiger partial charge in [0.15, 0.2) is 0 Å². The zero-order valence-corrected chi connectivity index (χ0v) is 9.34. The van der Waals surface area contributed by atoms with Crippen LogP contribution in [0.25, 0.3) is 0 Å². The van der Waals surface area contributed by atoms with Crippen molar-refractivity contribution in [3.05, 3.63) is 34.3 Å². The molecule has 0 saturated carbocycles. The maximum Gasteiger partial charge on any atom is 0.304 e. The van der Waals surface area contributed by atoms with E-state index in [0.717, 1.165) is 29.0 Å². The Bertz CT molecular complexity index is 414. The number of carboxylic acid groups (broad SMARTS) is 1. The monoisotopic (exact) mass is 224 g/mol. The first-order valence-corrected chi connectivity index (χ1v) is 5.40. The average molecular weight is 225 g/mol. The van der Waals surface area contributed by atoms with E-state index < -0.39 is 5.97 Å². The Morgan fingerprint density at radius 1 is 1.60 bits per heavy atom. The van der Waals surface area contributed by atoms with E-state index in [1.807, 2.05) is 25.1 Å². The standard InChI is InChI=1S/C12H13ClO2/c1-12(7-11(14)15)6-5-8-9(12)3-2-4-10(8)13/h2-4H,5-7H2,1H3,(H,14,15). The third kappa shape index (κ3) is 1.74. The van der Waals surface area contributed by atoms with Crippen molar-refractivity contribution in [2.75, 3.05) is 0 Å². The van der Waals surface area contributed by atoms with Gasteiger partial charge < -0.3 is 5.11 Å². The highest BCUT2D eigenvalue weighted by molar-refractivity contribution is 6.31.